The monoisotopic (exact) mass is 477 g/mol. The van der Waals surface area contributed by atoms with E-state index in [-0.39, 0.29) is 5.91 Å². The van der Waals surface area contributed by atoms with Gasteiger partial charge >= 0.3 is 0 Å². The van der Waals surface area contributed by atoms with E-state index in [0.29, 0.717) is 31.7 Å². The van der Waals surface area contributed by atoms with E-state index in [0.717, 1.165) is 27.1 Å². The molecule has 0 aliphatic heterocycles. The third kappa shape index (κ3) is 5.14. The average molecular weight is 478 g/mol. The predicted octanol–water partition coefficient (Wildman–Crippen LogP) is 5.16. The molecule has 4 aromatic rings. The Labute approximate surface area is 190 Å². The maximum Gasteiger partial charge on any atom is 0.252 e. The van der Waals surface area contributed by atoms with Crippen LogP contribution in [0.2, 0.25) is 0 Å². The zero-order chi connectivity index (χ0) is 21.6. The van der Waals surface area contributed by atoms with E-state index >= 15 is 0 Å². The van der Waals surface area contributed by atoms with Gasteiger partial charge in [0.15, 0.2) is 0 Å². The second-order valence-electron chi connectivity index (χ2n) is 7.32. The first-order valence-electron chi connectivity index (χ1n) is 10.3. The maximum atomic E-state index is 12.5. The number of rotatable bonds is 8. The van der Waals surface area contributed by atoms with Crippen molar-refractivity contribution in [3.8, 4) is 5.75 Å². The standard InChI is InChI=1S/C25H24BrN3O2/c1-18-10-12-19(13-11-18)31-17-16-29-23-9-5-4-8-22(23)28-24(29)14-15-27-25(30)20-6-2-3-7-21(20)26/h2-13H,14-17H2,1H3,(H,27,30). The summed E-state index contributed by atoms with van der Waals surface area (Å²) in [5.74, 6) is 1.69. The Morgan fingerprint density at radius 1 is 1.03 bits per heavy atom. The molecule has 1 N–H and O–H groups in total. The third-order valence-corrected chi connectivity index (χ3v) is 5.78. The van der Waals surface area contributed by atoms with E-state index in [9.17, 15) is 4.79 Å². The van der Waals surface area contributed by atoms with Crippen molar-refractivity contribution >= 4 is 32.9 Å². The molecule has 0 fully saturated rings. The second kappa shape index (κ2) is 9.79. The number of aromatic nitrogens is 2. The Morgan fingerprint density at radius 3 is 2.58 bits per heavy atom. The molecule has 0 atom stereocenters. The van der Waals surface area contributed by atoms with Crippen LogP contribution in [0, 0.1) is 6.92 Å². The number of fused-ring (bicyclic) bond motifs is 1. The number of ether oxygens (including phenoxy) is 1. The van der Waals surface area contributed by atoms with Gasteiger partial charge in [-0.25, -0.2) is 4.98 Å². The minimum atomic E-state index is -0.0992. The van der Waals surface area contributed by atoms with Gasteiger partial charge in [-0.05, 0) is 59.3 Å². The summed E-state index contributed by atoms with van der Waals surface area (Å²) in [4.78, 5) is 17.3. The van der Waals surface area contributed by atoms with Crippen LogP contribution in [0.5, 0.6) is 5.75 Å². The molecule has 158 valence electrons. The molecule has 31 heavy (non-hydrogen) atoms. The van der Waals surface area contributed by atoms with Crippen LogP contribution in [-0.2, 0) is 13.0 Å². The summed E-state index contributed by atoms with van der Waals surface area (Å²) in [5.41, 5.74) is 3.86. The summed E-state index contributed by atoms with van der Waals surface area (Å²) in [7, 11) is 0. The largest absolute Gasteiger partial charge is 0.492 e. The molecule has 0 saturated carbocycles. The van der Waals surface area contributed by atoms with Crippen LogP contribution >= 0.6 is 15.9 Å². The molecular formula is C25H24BrN3O2. The highest BCUT2D eigenvalue weighted by molar-refractivity contribution is 9.10. The molecule has 0 bridgehead atoms. The van der Waals surface area contributed by atoms with Crippen LogP contribution in [0.25, 0.3) is 11.0 Å². The predicted molar refractivity (Wildman–Crippen MR) is 127 cm³/mol. The van der Waals surface area contributed by atoms with E-state index in [4.69, 9.17) is 9.72 Å². The number of amides is 1. The van der Waals surface area contributed by atoms with E-state index in [1.807, 2.05) is 60.7 Å². The number of para-hydroxylation sites is 2. The molecule has 5 nitrogen and oxygen atoms in total. The smallest absolute Gasteiger partial charge is 0.252 e. The van der Waals surface area contributed by atoms with E-state index in [2.05, 4.69) is 38.8 Å². The lowest BCUT2D eigenvalue weighted by Gasteiger charge is -2.12. The van der Waals surface area contributed by atoms with Gasteiger partial charge in [-0.15, -0.1) is 0 Å². The topological polar surface area (TPSA) is 56.1 Å². The first kappa shape index (κ1) is 21.1. The third-order valence-electron chi connectivity index (χ3n) is 5.09. The van der Waals surface area contributed by atoms with Gasteiger partial charge in [-0.2, -0.15) is 0 Å². The Kier molecular flexibility index (Phi) is 6.67. The van der Waals surface area contributed by atoms with E-state index < -0.39 is 0 Å². The van der Waals surface area contributed by atoms with Crippen molar-refractivity contribution in [2.45, 2.75) is 19.9 Å². The number of hydrogen-bond acceptors (Lipinski definition) is 3. The number of nitrogens with one attached hydrogen (secondary N) is 1. The van der Waals surface area contributed by atoms with Gasteiger partial charge in [0.05, 0.1) is 23.1 Å². The van der Waals surface area contributed by atoms with Crippen molar-refractivity contribution in [2.24, 2.45) is 0 Å². The molecule has 0 aliphatic carbocycles. The van der Waals surface area contributed by atoms with E-state index in [1.165, 1.54) is 5.56 Å². The van der Waals surface area contributed by atoms with Crippen LogP contribution in [0.4, 0.5) is 0 Å². The molecule has 1 heterocycles. The second-order valence-corrected chi connectivity index (χ2v) is 8.17. The van der Waals surface area contributed by atoms with Gasteiger partial charge in [0.2, 0.25) is 0 Å². The molecule has 6 heteroatoms. The Morgan fingerprint density at radius 2 is 1.77 bits per heavy atom. The van der Waals surface area contributed by atoms with Gasteiger partial charge in [-0.3, -0.25) is 4.79 Å². The molecule has 1 aromatic heterocycles. The summed E-state index contributed by atoms with van der Waals surface area (Å²) < 4.78 is 8.89. The van der Waals surface area contributed by atoms with Crippen molar-refractivity contribution in [3.05, 3.63) is 94.2 Å². The molecule has 1 amide bonds. The van der Waals surface area contributed by atoms with Crippen LogP contribution < -0.4 is 10.1 Å². The fourth-order valence-corrected chi connectivity index (χ4v) is 3.95. The SMILES string of the molecule is Cc1ccc(OCCn2c(CCNC(=O)c3ccccc3Br)nc3ccccc32)cc1. The quantitative estimate of drug-likeness (QED) is 0.381. The Hall–Kier alpha value is -3.12. The number of nitrogens with zero attached hydrogens (tertiary/aromatic N) is 2. The highest BCUT2D eigenvalue weighted by atomic mass is 79.9. The summed E-state index contributed by atoms with van der Waals surface area (Å²) >= 11 is 3.43. The number of carbonyl (C=O) groups is 1. The normalized spacial score (nSPS) is 10.9. The first-order valence-corrected chi connectivity index (χ1v) is 11.1. The summed E-state index contributed by atoms with van der Waals surface area (Å²) in [5, 5.41) is 2.99. The lowest BCUT2D eigenvalue weighted by Crippen LogP contribution is -2.27. The lowest BCUT2D eigenvalue weighted by molar-refractivity contribution is 0.0953. The van der Waals surface area contributed by atoms with Crippen molar-refractivity contribution in [1.29, 1.82) is 0 Å². The number of benzene rings is 3. The number of imidazole rings is 1. The lowest BCUT2D eigenvalue weighted by atomic mass is 10.2. The zero-order valence-electron chi connectivity index (χ0n) is 17.3. The van der Waals surface area contributed by atoms with Crippen molar-refractivity contribution in [2.75, 3.05) is 13.2 Å². The molecular weight excluding hydrogens is 454 g/mol. The van der Waals surface area contributed by atoms with Crippen LogP contribution in [0.15, 0.2) is 77.3 Å². The molecule has 3 aromatic carbocycles. The first-order chi connectivity index (χ1) is 15.1. The van der Waals surface area contributed by atoms with Crippen molar-refractivity contribution in [1.82, 2.24) is 14.9 Å². The summed E-state index contributed by atoms with van der Waals surface area (Å²) in [6.07, 6.45) is 0.634. The minimum Gasteiger partial charge on any atom is -0.492 e. The molecule has 0 aliphatic rings. The highest BCUT2D eigenvalue weighted by Crippen LogP contribution is 2.18. The number of carbonyl (C=O) groups excluding carboxylic acids is 1. The zero-order valence-corrected chi connectivity index (χ0v) is 18.9. The molecule has 4 rings (SSSR count). The van der Waals surface area contributed by atoms with Crippen LogP contribution in [0.3, 0.4) is 0 Å². The molecule has 0 spiro atoms. The molecule has 0 radical (unpaired) electrons. The Bertz CT molecular complexity index is 1190. The number of hydrogen-bond donors (Lipinski definition) is 1. The average Bonchev–Trinajstić information content (AvgIpc) is 3.13. The minimum absolute atomic E-state index is 0.0992. The van der Waals surface area contributed by atoms with Gasteiger partial charge in [0.25, 0.3) is 5.91 Å². The van der Waals surface area contributed by atoms with Gasteiger partial charge in [0, 0.05) is 17.4 Å². The van der Waals surface area contributed by atoms with E-state index in [1.54, 1.807) is 6.07 Å². The van der Waals surface area contributed by atoms with Crippen molar-refractivity contribution in [3.63, 3.8) is 0 Å². The van der Waals surface area contributed by atoms with Crippen LogP contribution in [0.1, 0.15) is 21.7 Å². The van der Waals surface area contributed by atoms with Gasteiger partial charge in [-0.1, -0.05) is 42.0 Å². The summed E-state index contributed by atoms with van der Waals surface area (Å²) in [6, 6.07) is 23.5. The molecule has 0 unspecified atom stereocenters. The Balaban J connectivity index is 1.42. The molecule has 0 saturated heterocycles. The fourth-order valence-electron chi connectivity index (χ4n) is 3.48. The van der Waals surface area contributed by atoms with Crippen molar-refractivity contribution < 1.29 is 9.53 Å². The summed E-state index contributed by atoms with van der Waals surface area (Å²) in [6.45, 7) is 3.78. The highest BCUT2D eigenvalue weighted by Gasteiger charge is 2.12. The van der Waals surface area contributed by atoms with Gasteiger partial charge < -0.3 is 14.6 Å². The van der Waals surface area contributed by atoms with Crippen LogP contribution in [-0.4, -0.2) is 28.6 Å². The maximum absolute atomic E-state index is 12.5. The number of aryl methyl sites for hydroxylation is 1. The van der Waals surface area contributed by atoms with Gasteiger partial charge in [0.1, 0.15) is 18.2 Å². The number of halogens is 1. The fraction of sp³-hybridized carbons (Fsp3) is 0.200.